The molecule has 0 radical (unpaired) electrons. The summed E-state index contributed by atoms with van der Waals surface area (Å²) in [5.74, 6) is 1.25. The van der Waals surface area contributed by atoms with Crippen LogP contribution in [0.25, 0.3) is 0 Å². The first kappa shape index (κ1) is 31.2. The highest BCUT2D eigenvalue weighted by molar-refractivity contribution is 5.49. The van der Waals surface area contributed by atoms with Crippen molar-refractivity contribution in [3.05, 3.63) is 106 Å². The Hall–Kier alpha value is -4.78. The Morgan fingerprint density at radius 3 is 2.20 bits per heavy atom. The predicted octanol–water partition coefficient (Wildman–Crippen LogP) is 5.98. The van der Waals surface area contributed by atoms with Crippen LogP contribution in [0.1, 0.15) is 23.1 Å². The summed E-state index contributed by atoms with van der Waals surface area (Å²) in [6.07, 6.45) is -1.97. The lowest BCUT2D eigenvalue weighted by Crippen LogP contribution is -2.45. The molecule has 13 heteroatoms. The highest BCUT2D eigenvalue weighted by Crippen LogP contribution is 2.29. The van der Waals surface area contributed by atoms with E-state index in [0.29, 0.717) is 32.6 Å². The molecule has 0 spiro atoms. The molecular formula is C33H34F3N5O5. The van der Waals surface area contributed by atoms with Crippen LogP contribution in [0.4, 0.5) is 24.7 Å². The number of imidazole rings is 1. The van der Waals surface area contributed by atoms with Crippen LogP contribution in [0.15, 0.2) is 79.0 Å². The second kappa shape index (κ2) is 13.7. The fourth-order valence-electron chi connectivity index (χ4n) is 5.54. The predicted molar refractivity (Wildman–Crippen MR) is 164 cm³/mol. The molecule has 2 aliphatic heterocycles. The summed E-state index contributed by atoms with van der Waals surface area (Å²) in [7, 11) is 0. The van der Waals surface area contributed by atoms with E-state index in [1.807, 2.05) is 24.3 Å². The SMILES string of the molecule is O=[N+]([O-])c1cn2c(n1)OC(COc1ccc(N3CCN(Cc4ccc(OCCc5ccc(C(F)(F)F)cc5)cc4)CC3)cc1)CC2. The maximum absolute atomic E-state index is 12.7. The van der Waals surface area contributed by atoms with Gasteiger partial charge in [0, 0.05) is 62.8 Å². The number of nitrogens with zero attached hydrogens (tertiary/aromatic N) is 5. The number of anilines is 1. The molecule has 2 aliphatic rings. The number of aromatic nitrogens is 2. The lowest BCUT2D eigenvalue weighted by atomic mass is 10.1. The zero-order chi connectivity index (χ0) is 32.1. The molecule has 0 N–H and O–H groups in total. The number of benzene rings is 3. The summed E-state index contributed by atoms with van der Waals surface area (Å²) >= 11 is 0. The minimum atomic E-state index is -4.33. The van der Waals surface area contributed by atoms with Gasteiger partial charge in [-0.05, 0) is 64.6 Å². The number of piperazine rings is 1. The summed E-state index contributed by atoms with van der Waals surface area (Å²) in [6.45, 7) is 5.80. The molecule has 242 valence electrons. The normalized spacial score (nSPS) is 16.8. The van der Waals surface area contributed by atoms with Gasteiger partial charge in [0.25, 0.3) is 0 Å². The van der Waals surface area contributed by atoms with Crippen molar-refractivity contribution in [1.29, 1.82) is 0 Å². The molecule has 1 fully saturated rings. The Kier molecular flexibility index (Phi) is 9.29. The molecule has 3 aromatic carbocycles. The molecule has 0 saturated carbocycles. The van der Waals surface area contributed by atoms with Crippen molar-refractivity contribution in [1.82, 2.24) is 14.5 Å². The summed E-state index contributed by atoms with van der Waals surface area (Å²) < 4.78 is 57.4. The molecule has 0 amide bonds. The molecule has 1 unspecified atom stereocenters. The smallest absolute Gasteiger partial charge is 0.416 e. The molecule has 6 rings (SSSR count). The number of halogens is 3. The van der Waals surface area contributed by atoms with E-state index < -0.39 is 16.7 Å². The van der Waals surface area contributed by atoms with Crippen molar-refractivity contribution in [2.75, 3.05) is 44.3 Å². The molecule has 3 heterocycles. The number of hydrogen-bond acceptors (Lipinski definition) is 8. The first-order chi connectivity index (χ1) is 22.2. The van der Waals surface area contributed by atoms with Crippen molar-refractivity contribution in [3.63, 3.8) is 0 Å². The van der Waals surface area contributed by atoms with Crippen LogP contribution in [0.2, 0.25) is 0 Å². The van der Waals surface area contributed by atoms with E-state index in [4.69, 9.17) is 14.2 Å². The van der Waals surface area contributed by atoms with Crippen LogP contribution in [-0.4, -0.2) is 64.9 Å². The average molecular weight is 638 g/mol. The van der Waals surface area contributed by atoms with E-state index in [1.54, 1.807) is 4.57 Å². The fourth-order valence-corrected chi connectivity index (χ4v) is 5.54. The highest BCUT2D eigenvalue weighted by Gasteiger charge is 2.30. The van der Waals surface area contributed by atoms with Crippen LogP contribution < -0.4 is 19.1 Å². The molecular weight excluding hydrogens is 603 g/mol. The number of fused-ring (bicyclic) bond motifs is 1. The first-order valence-corrected chi connectivity index (χ1v) is 15.2. The summed E-state index contributed by atoms with van der Waals surface area (Å²) in [6, 6.07) is 21.4. The minimum Gasteiger partial charge on any atom is -0.493 e. The van der Waals surface area contributed by atoms with Gasteiger partial charge in [-0.15, -0.1) is 0 Å². The monoisotopic (exact) mass is 637 g/mol. The van der Waals surface area contributed by atoms with Gasteiger partial charge in [0.2, 0.25) is 0 Å². The van der Waals surface area contributed by atoms with Gasteiger partial charge < -0.3 is 29.2 Å². The van der Waals surface area contributed by atoms with Crippen LogP contribution in [0, 0.1) is 10.1 Å². The summed E-state index contributed by atoms with van der Waals surface area (Å²) in [5.41, 5.74) is 2.47. The Morgan fingerprint density at radius 2 is 1.52 bits per heavy atom. The fraction of sp³-hybridized carbons (Fsp3) is 0.364. The third-order valence-electron chi connectivity index (χ3n) is 8.16. The molecule has 1 atom stereocenters. The van der Waals surface area contributed by atoms with Gasteiger partial charge in [-0.25, -0.2) is 0 Å². The molecule has 1 saturated heterocycles. The maximum Gasteiger partial charge on any atom is 0.416 e. The second-order valence-electron chi connectivity index (χ2n) is 11.4. The number of alkyl halides is 3. The van der Waals surface area contributed by atoms with E-state index in [2.05, 4.69) is 39.0 Å². The average Bonchev–Trinajstić information content (AvgIpc) is 3.49. The third kappa shape index (κ3) is 7.89. The van der Waals surface area contributed by atoms with Crippen LogP contribution in [0.5, 0.6) is 17.5 Å². The van der Waals surface area contributed by atoms with Gasteiger partial charge in [-0.1, -0.05) is 24.3 Å². The number of rotatable bonds is 11. The van der Waals surface area contributed by atoms with Gasteiger partial charge in [-0.3, -0.25) is 9.47 Å². The molecule has 1 aromatic heterocycles. The Bertz CT molecular complexity index is 1600. The largest absolute Gasteiger partial charge is 0.493 e. The maximum atomic E-state index is 12.7. The van der Waals surface area contributed by atoms with Crippen molar-refractivity contribution in [2.24, 2.45) is 0 Å². The Morgan fingerprint density at radius 1 is 0.870 bits per heavy atom. The van der Waals surface area contributed by atoms with E-state index in [0.717, 1.165) is 67.6 Å². The molecule has 0 aliphatic carbocycles. The van der Waals surface area contributed by atoms with Crippen LogP contribution in [0.3, 0.4) is 0 Å². The van der Waals surface area contributed by atoms with Crippen molar-refractivity contribution < 1.29 is 32.3 Å². The zero-order valence-corrected chi connectivity index (χ0v) is 25.1. The first-order valence-electron chi connectivity index (χ1n) is 15.2. The standard InChI is InChI=1S/C33H34F3N5O5/c34-33(35,36)26-5-1-24(2-6-26)14-20-44-28-9-3-25(4-10-28)21-38-16-18-39(19-17-38)27-7-11-29(12-8-27)45-23-30-13-15-40-22-31(41(42)43)37-32(40)46-30/h1-12,22,30H,13-21,23H2. The Labute approximate surface area is 264 Å². The molecule has 10 nitrogen and oxygen atoms in total. The third-order valence-corrected chi connectivity index (χ3v) is 8.16. The van der Waals surface area contributed by atoms with Gasteiger partial charge in [-0.2, -0.15) is 13.2 Å². The number of aryl methyl sites for hydroxylation is 1. The number of hydrogen-bond donors (Lipinski definition) is 0. The second-order valence-corrected chi connectivity index (χ2v) is 11.4. The van der Waals surface area contributed by atoms with E-state index >= 15 is 0 Å². The van der Waals surface area contributed by atoms with Gasteiger partial charge >= 0.3 is 18.0 Å². The lowest BCUT2D eigenvalue weighted by molar-refractivity contribution is -0.389. The molecule has 4 aromatic rings. The highest BCUT2D eigenvalue weighted by atomic mass is 19.4. The van der Waals surface area contributed by atoms with Crippen molar-refractivity contribution in [3.8, 4) is 17.5 Å². The van der Waals surface area contributed by atoms with E-state index in [-0.39, 0.29) is 17.9 Å². The van der Waals surface area contributed by atoms with Crippen LogP contribution in [-0.2, 0) is 25.7 Å². The topological polar surface area (TPSA) is 95.1 Å². The number of nitro groups is 1. The number of ether oxygens (including phenoxy) is 3. The molecule has 46 heavy (non-hydrogen) atoms. The Balaban J connectivity index is 0.896. The van der Waals surface area contributed by atoms with E-state index in [9.17, 15) is 23.3 Å². The van der Waals surface area contributed by atoms with Gasteiger partial charge in [0.15, 0.2) is 0 Å². The van der Waals surface area contributed by atoms with Crippen LogP contribution >= 0.6 is 0 Å². The van der Waals surface area contributed by atoms with Gasteiger partial charge in [0.1, 0.15) is 30.4 Å². The lowest BCUT2D eigenvalue weighted by Gasteiger charge is -2.36. The minimum absolute atomic E-state index is 0.218. The summed E-state index contributed by atoms with van der Waals surface area (Å²) in [5, 5.41) is 11.0. The summed E-state index contributed by atoms with van der Waals surface area (Å²) in [4.78, 5) is 19.1. The van der Waals surface area contributed by atoms with E-state index in [1.165, 1.54) is 23.9 Å². The van der Waals surface area contributed by atoms with Crippen molar-refractivity contribution >= 4 is 11.5 Å². The van der Waals surface area contributed by atoms with Crippen molar-refractivity contribution in [2.45, 2.75) is 38.2 Å². The van der Waals surface area contributed by atoms with Gasteiger partial charge in [0.05, 0.1) is 12.2 Å². The zero-order valence-electron chi connectivity index (χ0n) is 25.1. The molecule has 0 bridgehead atoms. The quantitative estimate of drug-likeness (QED) is 0.146.